The topological polar surface area (TPSA) is 58.6 Å². The summed E-state index contributed by atoms with van der Waals surface area (Å²) in [5.41, 5.74) is 4.35. The van der Waals surface area contributed by atoms with E-state index in [4.69, 9.17) is 4.74 Å². The fourth-order valence-corrected chi connectivity index (χ4v) is 5.12. The maximum absolute atomic E-state index is 13.8. The molecule has 1 saturated carbocycles. The zero-order valence-corrected chi connectivity index (χ0v) is 22.7. The summed E-state index contributed by atoms with van der Waals surface area (Å²) in [6, 6.07) is 25.3. The lowest BCUT2D eigenvalue weighted by Gasteiger charge is -2.33. The van der Waals surface area contributed by atoms with Crippen molar-refractivity contribution in [3.8, 4) is 5.75 Å². The molecule has 0 heterocycles. The van der Waals surface area contributed by atoms with E-state index in [2.05, 4.69) is 12.2 Å². The number of nitrogens with one attached hydrogen (secondary N) is 1. The highest BCUT2D eigenvalue weighted by Crippen LogP contribution is 2.21. The number of carbonyl (C=O) groups excluding carboxylic acids is 2. The number of benzene rings is 3. The number of amides is 2. The maximum atomic E-state index is 13.8. The standard InChI is InChI=1S/C33H40N2O3/c1-3-26-18-20-30(21-19-26)38-24-32(36)35(23-28-15-11-10-12-25(28)2)31(22-27-13-6-4-7-14-27)33(37)34-29-16-8-5-9-17-29/h4,6-7,10-15,18-21,29,31H,3,5,8-9,16-17,22-24H2,1-2H3,(H,34,37)/t31-/m0/s1. The van der Waals surface area contributed by atoms with Crippen molar-refractivity contribution >= 4 is 11.8 Å². The molecule has 0 radical (unpaired) electrons. The van der Waals surface area contributed by atoms with Crippen molar-refractivity contribution in [2.75, 3.05) is 6.61 Å². The first-order chi connectivity index (χ1) is 18.5. The van der Waals surface area contributed by atoms with Crippen LogP contribution in [0.3, 0.4) is 0 Å². The van der Waals surface area contributed by atoms with Gasteiger partial charge in [0.25, 0.3) is 5.91 Å². The Morgan fingerprint density at radius 1 is 0.895 bits per heavy atom. The van der Waals surface area contributed by atoms with Crippen LogP contribution in [0.4, 0.5) is 0 Å². The Balaban J connectivity index is 1.60. The fraction of sp³-hybridized carbons (Fsp3) is 0.394. The zero-order chi connectivity index (χ0) is 26.7. The van der Waals surface area contributed by atoms with Gasteiger partial charge in [-0.2, -0.15) is 0 Å². The van der Waals surface area contributed by atoms with Gasteiger partial charge in [-0.05, 0) is 60.6 Å². The lowest BCUT2D eigenvalue weighted by molar-refractivity contribution is -0.143. The molecular formula is C33H40N2O3. The minimum Gasteiger partial charge on any atom is -0.484 e. The largest absolute Gasteiger partial charge is 0.484 e. The molecule has 1 fully saturated rings. The number of aryl methyl sites for hydroxylation is 2. The molecule has 5 nitrogen and oxygen atoms in total. The molecule has 4 rings (SSSR count). The van der Waals surface area contributed by atoms with Gasteiger partial charge in [0.1, 0.15) is 11.8 Å². The highest BCUT2D eigenvalue weighted by atomic mass is 16.5. The van der Waals surface area contributed by atoms with E-state index < -0.39 is 6.04 Å². The van der Waals surface area contributed by atoms with Crippen molar-refractivity contribution in [1.29, 1.82) is 0 Å². The summed E-state index contributed by atoms with van der Waals surface area (Å²) in [6.45, 7) is 4.37. The smallest absolute Gasteiger partial charge is 0.261 e. The Morgan fingerprint density at radius 2 is 1.58 bits per heavy atom. The van der Waals surface area contributed by atoms with Crippen LogP contribution in [0.15, 0.2) is 78.9 Å². The van der Waals surface area contributed by atoms with E-state index in [-0.39, 0.29) is 24.5 Å². The third-order valence-electron chi connectivity index (χ3n) is 7.52. The Labute approximate surface area is 227 Å². The summed E-state index contributed by atoms with van der Waals surface area (Å²) < 4.78 is 5.92. The van der Waals surface area contributed by atoms with Crippen molar-refractivity contribution in [3.63, 3.8) is 0 Å². The van der Waals surface area contributed by atoms with Crippen molar-refractivity contribution in [3.05, 3.63) is 101 Å². The van der Waals surface area contributed by atoms with Crippen LogP contribution in [0.5, 0.6) is 5.75 Å². The van der Waals surface area contributed by atoms with E-state index in [0.29, 0.717) is 18.7 Å². The van der Waals surface area contributed by atoms with Crippen LogP contribution in [-0.4, -0.2) is 35.4 Å². The van der Waals surface area contributed by atoms with E-state index >= 15 is 0 Å². The molecular weight excluding hydrogens is 472 g/mol. The summed E-state index contributed by atoms with van der Waals surface area (Å²) in [4.78, 5) is 29.4. The van der Waals surface area contributed by atoms with Gasteiger partial charge in [0.15, 0.2) is 6.61 Å². The minimum atomic E-state index is -0.641. The Morgan fingerprint density at radius 3 is 2.26 bits per heavy atom. The number of hydrogen-bond donors (Lipinski definition) is 1. The van der Waals surface area contributed by atoms with Gasteiger partial charge in [0.2, 0.25) is 5.91 Å². The van der Waals surface area contributed by atoms with Crippen molar-refractivity contribution in [1.82, 2.24) is 10.2 Å². The second-order valence-corrected chi connectivity index (χ2v) is 10.3. The number of rotatable bonds is 11. The molecule has 3 aromatic carbocycles. The summed E-state index contributed by atoms with van der Waals surface area (Å²) in [6.07, 6.45) is 6.85. The third-order valence-corrected chi connectivity index (χ3v) is 7.52. The first kappa shape index (κ1) is 27.4. The van der Waals surface area contributed by atoms with Crippen LogP contribution >= 0.6 is 0 Å². The van der Waals surface area contributed by atoms with Crippen LogP contribution < -0.4 is 10.1 Å². The molecule has 1 N–H and O–H groups in total. The summed E-state index contributed by atoms with van der Waals surface area (Å²) in [5, 5.41) is 3.29. The molecule has 2 amide bonds. The van der Waals surface area contributed by atoms with E-state index in [1.807, 2.05) is 85.8 Å². The second kappa shape index (κ2) is 13.8. The van der Waals surface area contributed by atoms with Gasteiger partial charge in [-0.3, -0.25) is 9.59 Å². The van der Waals surface area contributed by atoms with Gasteiger partial charge in [0.05, 0.1) is 0 Å². The van der Waals surface area contributed by atoms with Gasteiger partial charge in [-0.25, -0.2) is 0 Å². The molecule has 1 aliphatic carbocycles. The molecule has 0 aliphatic heterocycles. The molecule has 1 aliphatic rings. The predicted octanol–water partition coefficient (Wildman–Crippen LogP) is 6.03. The summed E-state index contributed by atoms with van der Waals surface area (Å²) in [5.74, 6) is 0.361. The number of nitrogens with zero attached hydrogens (tertiary/aromatic N) is 1. The Bertz CT molecular complexity index is 1170. The van der Waals surface area contributed by atoms with E-state index in [1.54, 1.807) is 4.90 Å². The lowest BCUT2D eigenvalue weighted by Crippen LogP contribution is -2.53. The first-order valence-corrected chi connectivity index (χ1v) is 13.9. The molecule has 3 aromatic rings. The highest BCUT2D eigenvalue weighted by molar-refractivity contribution is 5.88. The molecule has 200 valence electrons. The van der Waals surface area contributed by atoms with Crippen LogP contribution in [0, 0.1) is 6.92 Å². The number of ether oxygens (including phenoxy) is 1. The lowest BCUT2D eigenvalue weighted by atomic mass is 9.94. The van der Waals surface area contributed by atoms with Gasteiger partial charge in [-0.1, -0.05) is 92.9 Å². The van der Waals surface area contributed by atoms with Crippen molar-refractivity contribution < 1.29 is 14.3 Å². The average Bonchev–Trinajstić information content (AvgIpc) is 2.96. The second-order valence-electron chi connectivity index (χ2n) is 10.3. The fourth-order valence-electron chi connectivity index (χ4n) is 5.12. The molecule has 0 bridgehead atoms. The van der Waals surface area contributed by atoms with E-state index in [0.717, 1.165) is 48.8 Å². The predicted molar refractivity (Wildman–Crippen MR) is 152 cm³/mol. The zero-order valence-electron chi connectivity index (χ0n) is 22.7. The number of carbonyl (C=O) groups is 2. The van der Waals surface area contributed by atoms with E-state index in [1.165, 1.54) is 12.0 Å². The Hall–Kier alpha value is -3.60. The van der Waals surface area contributed by atoms with Crippen LogP contribution in [-0.2, 0) is 29.0 Å². The molecule has 1 atom stereocenters. The summed E-state index contributed by atoms with van der Waals surface area (Å²) >= 11 is 0. The van der Waals surface area contributed by atoms with Crippen molar-refractivity contribution in [2.45, 2.75) is 77.4 Å². The summed E-state index contributed by atoms with van der Waals surface area (Å²) in [7, 11) is 0. The van der Waals surface area contributed by atoms with Crippen LogP contribution in [0.2, 0.25) is 0 Å². The normalized spacial score (nSPS) is 14.5. The van der Waals surface area contributed by atoms with Gasteiger partial charge >= 0.3 is 0 Å². The quantitative estimate of drug-likeness (QED) is 0.342. The highest BCUT2D eigenvalue weighted by Gasteiger charge is 2.32. The molecule has 5 heteroatoms. The molecule has 0 unspecified atom stereocenters. The van der Waals surface area contributed by atoms with Gasteiger partial charge in [0, 0.05) is 19.0 Å². The average molecular weight is 513 g/mol. The van der Waals surface area contributed by atoms with Crippen LogP contribution in [0.1, 0.15) is 61.3 Å². The minimum absolute atomic E-state index is 0.0880. The molecule has 0 spiro atoms. The Kier molecular flexibility index (Phi) is 9.97. The van der Waals surface area contributed by atoms with Crippen molar-refractivity contribution in [2.24, 2.45) is 0 Å². The maximum Gasteiger partial charge on any atom is 0.261 e. The van der Waals surface area contributed by atoms with Gasteiger partial charge in [-0.15, -0.1) is 0 Å². The third kappa shape index (κ3) is 7.70. The monoisotopic (exact) mass is 512 g/mol. The van der Waals surface area contributed by atoms with E-state index in [9.17, 15) is 9.59 Å². The SMILES string of the molecule is CCc1ccc(OCC(=O)N(Cc2ccccc2C)[C@@H](Cc2ccccc2)C(=O)NC2CCCCC2)cc1. The first-order valence-electron chi connectivity index (χ1n) is 13.9. The number of hydrogen-bond acceptors (Lipinski definition) is 3. The van der Waals surface area contributed by atoms with Crippen LogP contribution in [0.25, 0.3) is 0 Å². The molecule has 0 aromatic heterocycles. The molecule has 38 heavy (non-hydrogen) atoms. The van der Waals surface area contributed by atoms with Gasteiger partial charge < -0.3 is 15.0 Å². The molecule has 0 saturated heterocycles.